The molecular weight excluding hydrogens is 403 g/mol. The number of nitrogens with one attached hydrogen (secondary N) is 1. The lowest BCUT2D eigenvalue weighted by molar-refractivity contribution is -0.127. The zero-order valence-corrected chi connectivity index (χ0v) is 16.4. The largest absolute Gasteiger partial charge is 0.547 e. The van der Waals surface area contributed by atoms with E-state index in [1.807, 2.05) is 0 Å². The molecule has 11 heteroatoms. The van der Waals surface area contributed by atoms with Gasteiger partial charge in [0.05, 0.1) is 12.4 Å². The standard InChI is InChI=1S/C19H20BF2NO7/c1-10-14(29-11(2)28-10)9-27-18(25)13-6-4-5-12-7-15(20(26)30-17(12)13)23-16(24)8-19(3,21)22/h4-6,15,26H,2,7-9H2,1,3H3,(H,23,24)/t15-/m0/s1. The minimum Gasteiger partial charge on any atom is -0.534 e. The first-order valence-electron chi connectivity index (χ1n) is 9.09. The van der Waals surface area contributed by atoms with Gasteiger partial charge < -0.3 is 29.2 Å². The monoisotopic (exact) mass is 423 g/mol. The molecule has 0 saturated carbocycles. The summed E-state index contributed by atoms with van der Waals surface area (Å²) in [6.45, 7) is 5.57. The van der Waals surface area contributed by atoms with Gasteiger partial charge in [0, 0.05) is 0 Å². The van der Waals surface area contributed by atoms with E-state index in [1.54, 1.807) is 19.1 Å². The summed E-state index contributed by atoms with van der Waals surface area (Å²) in [5, 5.41) is 12.5. The van der Waals surface area contributed by atoms with Gasteiger partial charge in [-0.1, -0.05) is 12.1 Å². The highest BCUT2D eigenvalue weighted by atomic mass is 19.3. The Labute approximate surface area is 171 Å². The maximum Gasteiger partial charge on any atom is 0.547 e. The fraction of sp³-hybridized carbons (Fsp3) is 0.368. The van der Waals surface area contributed by atoms with Crippen LogP contribution in [0.2, 0.25) is 0 Å². The maximum absolute atomic E-state index is 13.0. The molecule has 0 aliphatic carbocycles. The minimum absolute atomic E-state index is 0.0624. The van der Waals surface area contributed by atoms with Crippen LogP contribution in [0, 0.1) is 0 Å². The molecule has 0 saturated heterocycles. The third-order valence-corrected chi connectivity index (χ3v) is 4.39. The number of carbonyl (C=O) groups is 2. The molecular formula is C19H20BF2NO7. The molecule has 0 bridgehead atoms. The molecule has 0 spiro atoms. The van der Waals surface area contributed by atoms with Crippen LogP contribution in [0.3, 0.4) is 0 Å². The van der Waals surface area contributed by atoms with Crippen molar-refractivity contribution in [1.29, 1.82) is 0 Å². The second kappa shape index (κ2) is 8.35. The summed E-state index contributed by atoms with van der Waals surface area (Å²) < 4.78 is 47.0. The van der Waals surface area contributed by atoms with Crippen molar-refractivity contribution in [2.75, 3.05) is 6.61 Å². The number of hydrogen-bond acceptors (Lipinski definition) is 7. The van der Waals surface area contributed by atoms with Gasteiger partial charge in [-0.3, -0.25) is 4.79 Å². The van der Waals surface area contributed by atoms with Crippen LogP contribution >= 0.6 is 0 Å². The second-order valence-electron chi connectivity index (χ2n) is 7.06. The fourth-order valence-corrected chi connectivity index (χ4v) is 3.05. The molecule has 0 unspecified atom stereocenters. The van der Waals surface area contributed by atoms with Crippen LogP contribution in [0.25, 0.3) is 0 Å². The van der Waals surface area contributed by atoms with E-state index in [2.05, 4.69) is 11.9 Å². The molecule has 1 aromatic rings. The number of alkyl halides is 2. The Balaban J connectivity index is 1.68. The van der Waals surface area contributed by atoms with E-state index in [-0.39, 0.29) is 30.3 Å². The normalized spacial score (nSPS) is 18.2. The van der Waals surface area contributed by atoms with E-state index in [1.165, 1.54) is 6.07 Å². The summed E-state index contributed by atoms with van der Waals surface area (Å²) in [6, 6.07) is 4.67. The molecule has 2 aliphatic rings. The van der Waals surface area contributed by atoms with Gasteiger partial charge in [0.2, 0.25) is 5.91 Å². The van der Waals surface area contributed by atoms with E-state index in [4.69, 9.17) is 18.9 Å². The van der Waals surface area contributed by atoms with Crippen LogP contribution in [0.5, 0.6) is 5.75 Å². The van der Waals surface area contributed by atoms with Crippen LogP contribution in [-0.4, -0.2) is 42.5 Å². The molecule has 30 heavy (non-hydrogen) atoms. The van der Waals surface area contributed by atoms with Gasteiger partial charge in [-0.15, -0.1) is 0 Å². The van der Waals surface area contributed by atoms with Crippen molar-refractivity contribution in [2.45, 2.75) is 38.6 Å². The predicted molar refractivity (Wildman–Crippen MR) is 100 cm³/mol. The quantitative estimate of drug-likeness (QED) is 0.534. The number of fused-ring (bicyclic) bond motifs is 1. The van der Waals surface area contributed by atoms with Gasteiger partial charge in [0.25, 0.3) is 11.9 Å². The van der Waals surface area contributed by atoms with Gasteiger partial charge in [-0.05, 0) is 38.5 Å². The molecule has 2 aliphatic heterocycles. The van der Waals surface area contributed by atoms with Crippen molar-refractivity contribution in [3.63, 3.8) is 0 Å². The molecule has 0 fully saturated rings. The molecule has 1 atom stereocenters. The highest BCUT2D eigenvalue weighted by Crippen LogP contribution is 2.31. The van der Waals surface area contributed by atoms with E-state index < -0.39 is 37.3 Å². The summed E-state index contributed by atoms with van der Waals surface area (Å²) >= 11 is 0. The lowest BCUT2D eigenvalue weighted by atomic mass is 9.72. The lowest BCUT2D eigenvalue weighted by Crippen LogP contribution is -2.53. The van der Waals surface area contributed by atoms with Crippen LogP contribution < -0.4 is 9.97 Å². The molecule has 160 valence electrons. The summed E-state index contributed by atoms with van der Waals surface area (Å²) in [4.78, 5) is 24.3. The Bertz CT molecular complexity index is 913. The first-order chi connectivity index (χ1) is 14.0. The van der Waals surface area contributed by atoms with Crippen molar-refractivity contribution in [3.8, 4) is 5.75 Å². The van der Waals surface area contributed by atoms with Crippen LogP contribution in [0.1, 0.15) is 36.2 Å². The van der Waals surface area contributed by atoms with Gasteiger partial charge in [-0.25, -0.2) is 13.6 Å². The van der Waals surface area contributed by atoms with Gasteiger partial charge >= 0.3 is 13.1 Å². The van der Waals surface area contributed by atoms with Crippen LogP contribution in [-0.2, 0) is 25.4 Å². The van der Waals surface area contributed by atoms with Crippen LogP contribution in [0.15, 0.2) is 42.2 Å². The third kappa shape index (κ3) is 5.09. The summed E-state index contributed by atoms with van der Waals surface area (Å²) in [5.41, 5.74) is 0.569. The molecule has 3 rings (SSSR count). The van der Waals surface area contributed by atoms with E-state index >= 15 is 0 Å². The number of carbonyl (C=O) groups excluding carboxylic acids is 2. The number of allylic oxidation sites excluding steroid dienone is 1. The second-order valence-corrected chi connectivity index (χ2v) is 7.06. The van der Waals surface area contributed by atoms with Crippen molar-refractivity contribution < 1.29 is 42.3 Å². The SMILES string of the molecule is C=C1OC(C)=C(COC(=O)c2cccc3c2OB(O)[C@@H](NC(=O)CC(C)(F)F)C3)O1. The lowest BCUT2D eigenvalue weighted by Gasteiger charge is -2.29. The maximum atomic E-state index is 13.0. The van der Waals surface area contributed by atoms with Crippen molar-refractivity contribution in [1.82, 2.24) is 5.32 Å². The smallest absolute Gasteiger partial charge is 0.534 e. The summed E-state index contributed by atoms with van der Waals surface area (Å²) in [7, 11) is -1.53. The third-order valence-electron chi connectivity index (χ3n) is 4.39. The zero-order chi connectivity index (χ0) is 22.1. The highest BCUT2D eigenvalue weighted by Gasteiger charge is 2.39. The van der Waals surface area contributed by atoms with E-state index in [0.717, 1.165) is 0 Å². The van der Waals surface area contributed by atoms with Crippen molar-refractivity contribution >= 4 is 19.0 Å². The number of halogens is 2. The highest BCUT2D eigenvalue weighted by molar-refractivity contribution is 6.47. The molecule has 1 amide bonds. The summed E-state index contributed by atoms with van der Waals surface area (Å²) in [6.07, 6.45) is -0.928. The number of para-hydroxylation sites is 1. The van der Waals surface area contributed by atoms with E-state index in [0.29, 0.717) is 24.0 Å². The molecule has 8 nitrogen and oxygen atoms in total. The summed E-state index contributed by atoms with van der Waals surface area (Å²) in [5.74, 6) is -4.86. The van der Waals surface area contributed by atoms with Gasteiger partial charge in [-0.2, -0.15) is 0 Å². The number of benzene rings is 1. The average molecular weight is 423 g/mol. The Morgan fingerprint density at radius 2 is 2.13 bits per heavy atom. The average Bonchev–Trinajstić information content (AvgIpc) is 2.95. The van der Waals surface area contributed by atoms with Gasteiger partial charge in [0.15, 0.2) is 12.4 Å². The predicted octanol–water partition coefficient (Wildman–Crippen LogP) is 2.08. The number of esters is 1. The Morgan fingerprint density at radius 3 is 2.77 bits per heavy atom. The Morgan fingerprint density at radius 1 is 1.40 bits per heavy atom. The molecule has 0 radical (unpaired) electrons. The minimum atomic E-state index is -3.17. The first-order valence-corrected chi connectivity index (χ1v) is 9.09. The Hall–Kier alpha value is -3.08. The first kappa shape index (κ1) is 21.6. The number of ether oxygens (including phenoxy) is 3. The zero-order valence-electron chi connectivity index (χ0n) is 16.4. The molecule has 1 aromatic carbocycles. The van der Waals surface area contributed by atoms with Crippen molar-refractivity contribution in [2.24, 2.45) is 0 Å². The van der Waals surface area contributed by atoms with Crippen molar-refractivity contribution in [3.05, 3.63) is 53.4 Å². The number of hydrogen-bond donors (Lipinski definition) is 2. The van der Waals surface area contributed by atoms with Gasteiger partial charge in [0.1, 0.15) is 17.1 Å². The van der Waals surface area contributed by atoms with E-state index in [9.17, 15) is 23.4 Å². The number of rotatable bonds is 6. The molecule has 0 aromatic heterocycles. The topological polar surface area (TPSA) is 103 Å². The Kier molecular flexibility index (Phi) is 6.02. The molecule has 2 N–H and O–H groups in total. The number of amides is 1. The molecule has 2 heterocycles. The fourth-order valence-electron chi connectivity index (χ4n) is 3.05. The van der Waals surface area contributed by atoms with Crippen LogP contribution in [0.4, 0.5) is 8.78 Å².